The minimum absolute atomic E-state index is 0.505. The molecule has 4 nitrogen and oxygen atoms in total. The van der Waals surface area contributed by atoms with Crippen molar-refractivity contribution in [2.75, 3.05) is 12.8 Å². The van der Waals surface area contributed by atoms with Gasteiger partial charge in [-0.2, -0.15) is 0 Å². The van der Waals surface area contributed by atoms with Crippen molar-refractivity contribution in [3.63, 3.8) is 0 Å². The molecule has 0 aliphatic carbocycles. The van der Waals surface area contributed by atoms with Crippen molar-refractivity contribution < 1.29 is 8.42 Å². The Morgan fingerprint density at radius 3 is 2.59 bits per heavy atom. The Morgan fingerprint density at radius 2 is 2.12 bits per heavy atom. The third-order valence-corrected chi connectivity index (χ3v) is 4.16. The number of hydrogen-bond donors (Lipinski definition) is 2. The Morgan fingerprint density at radius 1 is 1.47 bits per heavy atom. The van der Waals surface area contributed by atoms with Crippen LogP contribution in [0.2, 0.25) is 5.02 Å². The van der Waals surface area contributed by atoms with Crippen LogP contribution in [0.4, 0.5) is 0 Å². The second-order valence-corrected chi connectivity index (χ2v) is 7.77. The van der Waals surface area contributed by atoms with Crippen LogP contribution in [0.5, 0.6) is 0 Å². The molecule has 17 heavy (non-hydrogen) atoms. The molecule has 1 heterocycles. The van der Waals surface area contributed by atoms with E-state index in [0.717, 1.165) is 16.2 Å². The van der Waals surface area contributed by atoms with Crippen molar-refractivity contribution >= 4 is 33.0 Å². The average molecular weight is 297 g/mol. The van der Waals surface area contributed by atoms with Gasteiger partial charge in [0.2, 0.25) is 10.0 Å². The van der Waals surface area contributed by atoms with Crippen LogP contribution in [0.1, 0.15) is 18.7 Å². The van der Waals surface area contributed by atoms with Crippen molar-refractivity contribution in [1.29, 1.82) is 0 Å². The minimum Gasteiger partial charge on any atom is -0.310 e. The number of hydrogen-bond acceptors (Lipinski definition) is 4. The second kappa shape index (κ2) is 5.67. The van der Waals surface area contributed by atoms with E-state index in [2.05, 4.69) is 10.0 Å². The highest BCUT2D eigenvalue weighted by Crippen LogP contribution is 2.18. The highest BCUT2D eigenvalue weighted by atomic mass is 35.5. The zero-order valence-electron chi connectivity index (χ0n) is 10.1. The summed E-state index contributed by atoms with van der Waals surface area (Å²) in [6.07, 6.45) is 1.16. The molecule has 1 rings (SSSR count). The van der Waals surface area contributed by atoms with E-state index >= 15 is 0 Å². The van der Waals surface area contributed by atoms with Crippen LogP contribution in [-0.4, -0.2) is 26.8 Å². The maximum absolute atomic E-state index is 11.1. The van der Waals surface area contributed by atoms with Gasteiger partial charge >= 0.3 is 0 Å². The summed E-state index contributed by atoms with van der Waals surface area (Å²) >= 11 is 7.39. The molecule has 0 amide bonds. The summed E-state index contributed by atoms with van der Waals surface area (Å²) < 4.78 is 24.8. The molecule has 7 heteroatoms. The van der Waals surface area contributed by atoms with Crippen molar-refractivity contribution in [3.05, 3.63) is 21.3 Å². The number of sulfonamides is 1. The van der Waals surface area contributed by atoms with E-state index in [1.54, 1.807) is 11.3 Å². The number of halogens is 1. The van der Waals surface area contributed by atoms with Crippen LogP contribution >= 0.6 is 22.9 Å². The van der Waals surface area contributed by atoms with Crippen molar-refractivity contribution in [2.45, 2.75) is 25.9 Å². The fourth-order valence-corrected chi connectivity index (χ4v) is 3.60. The van der Waals surface area contributed by atoms with Gasteiger partial charge < -0.3 is 5.32 Å². The molecule has 0 aromatic carbocycles. The van der Waals surface area contributed by atoms with Crippen molar-refractivity contribution in [2.24, 2.45) is 0 Å². The molecule has 0 fully saturated rings. The molecule has 0 aliphatic heterocycles. The van der Waals surface area contributed by atoms with E-state index < -0.39 is 15.6 Å². The van der Waals surface area contributed by atoms with E-state index in [-0.39, 0.29) is 0 Å². The lowest BCUT2D eigenvalue weighted by Crippen LogP contribution is -2.49. The molecular weight excluding hydrogens is 280 g/mol. The van der Waals surface area contributed by atoms with E-state index in [1.165, 1.54) is 0 Å². The van der Waals surface area contributed by atoms with E-state index in [0.29, 0.717) is 13.1 Å². The topological polar surface area (TPSA) is 58.2 Å². The number of thiophene rings is 1. The number of rotatable bonds is 6. The summed E-state index contributed by atoms with van der Waals surface area (Å²) in [5.41, 5.74) is -0.505. The van der Waals surface area contributed by atoms with Gasteiger partial charge in [0, 0.05) is 28.9 Å². The van der Waals surface area contributed by atoms with Gasteiger partial charge in [-0.05, 0) is 19.9 Å². The molecule has 0 aliphatic rings. The largest absolute Gasteiger partial charge is 0.310 e. The fourth-order valence-electron chi connectivity index (χ4n) is 1.48. The van der Waals surface area contributed by atoms with Gasteiger partial charge in [0.25, 0.3) is 0 Å². The van der Waals surface area contributed by atoms with Gasteiger partial charge in [-0.3, -0.25) is 0 Å². The third-order valence-electron chi connectivity index (χ3n) is 1.95. The smallest absolute Gasteiger partial charge is 0.209 e. The lowest BCUT2D eigenvalue weighted by atomic mass is 10.1. The van der Waals surface area contributed by atoms with Gasteiger partial charge in [0.15, 0.2) is 0 Å². The quantitative estimate of drug-likeness (QED) is 0.842. The van der Waals surface area contributed by atoms with Gasteiger partial charge in [-0.1, -0.05) is 11.6 Å². The fraction of sp³-hybridized carbons (Fsp3) is 0.600. The highest BCUT2D eigenvalue weighted by Gasteiger charge is 2.21. The predicted octanol–water partition coefficient (Wildman–Crippen LogP) is 1.82. The predicted molar refractivity (Wildman–Crippen MR) is 73.1 cm³/mol. The van der Waals surface area contributed by atoms with Gasteiger partial charge in [-0.15, -0.1) is 11.3 Å². The van der Waals surface area contributed by atoms with Crippen LogP contribution in [0, 0.1) is 0 Å². The molecule has 0 unspecified atom stereocenters. The zero-order chi connectivity index (χ0) is 13.1. The lowest BCUT2D eigenvalue weighted by molar-refractivity contribution is 0.422. The SMILES string of the molecule is CC(C)(CNCc1cc(Cl)cs1)NS(C)(=O)=O. The Balaban J connectivity index is 2.40. The molecule has 0 saturated heterocycles. The van der Waals surface area contributed by atoms with Crippen LogP contribution < -0.4 is 10.0 Å². The van der Waals surface area contributed by atoms with Gasteiger partial charge in [0.05, 0.1) is 11.3 Å². The van der Waals surface area contributed by atoms with Crippen LogP contribution in [0.3, 0.4) is 0 Å². The molecule has 0 radical (unpaired) electrons. The minimum atomic E-state index is -3.18. The molecule has 0 atom stereocenters. The lowest BCUT2D eigenvalue weighted by Gasteiger charge is -2.25. The van der Waals surface area contributed by atoms with E-state index in [9.17, 15) is 8.42 Å². The first kappa shape index (κ1) is 14.9. The molecule has 0 bridgehead atoms. The first-order chi connectivity index (χ1) is 7.68. The first-order valence-corrected chi connectivity index (χ1v) is 8.25. The summed E-state index contributed by atoms with van der Waals surface area (Å²) in [4.78, 5) is 1.13. The van der Waals surface area contributed by atoms with Gasteiger partial charge in [0.1, 0.15) is 0 Å². The zero-order valence-corrected chi connectivity index (χ0v) is 12.5. The van der Waals surface area contributed by atoms with E-state index in [4.69, 9.17) is 11.6 Å². The molecule has 0 spiro atoms. The maximum Gasteiger partial charge on any atom is 0.209 e. The van der Waals surface area contributed by atoms with Crippen LogP contribution in [-0.2, 0) is 16.6 Å². The number of nitrogens with one attached hydrogen (secondary N) is 2. The second-order valence-electron chi connectivity index (χ2n) is 4.59. The van der Waals surface area contributed by atoms with E-state index in [1.807, 2.05) is 25.3 Å². The third kappa shape index (κ3) is 6.38. The molecule has 1 aromatic heterocycles. The summed E-state index contributed by atoms with van der Waals surface area (Å²) in [5.74, 6) is 0. The average Bonchev–Trinajstić information content (AvgIpc) is 2.46. The summed E-state index contributed by atoms with van der Waals surface area (Å²) in [6, 6.07) is 1.90. The molecule has 2 N–H and O–H groups in total. The normalized spacial score (nSPS) is 12.9. The van der Waals surface area contributed by atoms with Crippen molar-refractivity contribution in [3.8, 4) is 0 Å². The van der Waals surface area contributed by atoms with Gasteiger partial charge in [-0.25, -0.2) is 13.1 Å². The molecule has 98 valence electrons. The Kier molecular flexibility index (Phi) is 4.97. The van der Waals surface area contributed by atoms with Crippen LogP contribution in [0.25, 0.3) is 0 Å². The first-order valence-electron chi connectivity index (χ1n) is 5.10. The molecular formula is C10H17ClN2O2S2. The summed E-state index contributed by atoms with van der Waals surface area (Å²) in [7, 11) is -3.18. The Labute approximate surface area is 111 Å². The standard InChI is InChI=1S/C10H17ClN2O2S2/c1-10(2,13-17(3,14)15)7-12-5-9-4-8(11)6-16-9/h4,6,12-13H,5,7H2,1-3H3. The summed E-state index contributed by atoms with van der Waals surface area (Å²) in [5, 5.41) is 5.81. The highest BCUT2D eigenvalue weighted by molar-refractivity contribution is 7.88. The molecule has 0 saturated carbocycles. The van der Waals surface area contributed by atoms with Crippen molar-refractivity contribution in [1.82, 2.24) is 10.0 Å². The van der Waals surface area contributed by atoms with Crippen LogP contribution in [0.15, 0.2) is 11.4 Å². The maximum atomic E-state index is 11.1. The monoisotopic (exact) mass is 296 g/mol. The Hall–Kier alpha value is -0.140. The molecule has 1 aromatic rings. The summed E-state index contributed by atoms with van der Waals surface area (Å²) in [6.45, 7) is 4.91. The Bertz CT molecular complexity index is 468.